The van der Waals surface area contributed by atoms with Crippen LogP contribution in [0, 0.1) is 6.92 Å². The molecule has 1 aliphatic carbocycles. The summed E-state index contributed by atoms with van der Waals surface area (Å²) < 4.78 is 88.4. The van der Waals surface area contributed by atoms with Crippen LogP contribution in [0.1, 0.15) is 91.3 Å². The van der Waals surface area contributed by atoms with Gasteiger partial charge in [-0.25, -0.2) is 4.79 Å². The fourth-order valence-corrected chi connectivity index (χ4v) is 6.28. The van der Waals surface area contributed by atoms with Crippen LogP contribution in [0.4, 0.5) is 42.8 Å². The van der Waals surface area contributed by atoms with Gasteiger partial charge in [-0.1, -0.05) is 24.5 Å². The minimum absolute atomic E-state index is 0.0382. The van der Waals surface area contributed by atoms with E-state index in [0.29, 0.717) is 37.1 Å². The highest BCUT2D eigenvalue weighted by atomic mass is 19.4. The number of alkyl halides is 6. The molecule has 45 heavy (non-hydrogen) atoms. The summed E-state index contributed by atoms with van der Waals surface area (Å²) in [4.78, 5) is 17.9. The number of nitrogens with zero attached hydrogens (tertiary/aromatic N) is 6. The molecular weight excluding hydrogens is 602 g/mol. The van der Waals surface area contributed by atoms with Crippen molar-refractivity contribution in [3.05, 3.63) is 63.7 Å². The number of tetrazole rings is 1. The highest BCUT2D eigenvalue weighted by molar-refractivity contribution is 5.89. The second-order valence-electron chi connectivity index (χ2n) is 11.8. The Morgan fingerprint density at radius 2 is 1.62 bits per heavy atom. The van der Waals surface area contributed by atoms with Crippen molar-refractivity contribution in [1.82, 2.24) is 20.2 Å². The van der Waals surface area contributed by atoms with E-state index < -0.39 is 35.6 Å². The van der Waals surface area contributed by atoms with Crippen LogP contribution in [0.2, 0.25) is 0 Å². The van der Waals surface area contributed by atoms with Gasteiger partial charge in [-0.05, 0) is 104 Å². The number of benzene rings is 2. The number of hydrogen-bond donors (Lipinski definition) is 0. The summed E-state index contributed by atoms with van der Waals surface area (Å²) in [5.74, 6) is 0.0382. The molecule has 0 radical (unpaired) electrons. The molecule has 1 saturated carbocycles. The van der Waals surface area contributed by atoms with E-state index in [1.54, 1.807) is 9.80 Å². The maximum atomic E-state index is 13.7. The van der Waals surface area contributed by atoms with Crippen LogP contribution in [0.3, 0.4) is 0 Å². The van der Waals surface area contributed by atoms with Crippen molar-refractivity contribution in [2.45, 2.75) is 96.3 Å². The van der Waals surface area contributed by atoms with E-state index in [1.165, 1.54) is 11.8 Å². The van der Waals surface area contributed by atoms with Crippen molar-refractivity contribution in [2.24, 2.45) is 7.05 Å². The average Bonchev–Trinajstić information content (AvgIpc) is 3.33. The summed E-state index contributed by atoms with van der Waals surface area (Å²) in [7, 11) is 1.52. The molecule has 0 bridgehead atoms. The van der Waals surface area contributed by atoms with E-state index in [2.05, 4.69) is 15.4 Å². The Morgan fingerprint density at radius 3 is 2.20 bits per heavy atom. The molecule has 0 spiro atoms. The van der Waals surface area contributed by atoms with Crippen molar-refractivity contribution in [3.63, 3.8) is 0 Å². The number of hydrogen-bond acceptors (Lipinski definition) is 6. The first-order valence-corrected chi connectivity index (χ1v) is 15.1. The summed E-state index contributed by atoms with van der Waals surface area (Å²) in [5.41, 5.74) is 0.193. The Hall–Kier alpha value is -3.84. The fraction of sp³-hybridized carbons (Fsp3) is 0.548. The number of aromatic nitrogens is 4. The van der Waals surface area contributed by atoms with Gasteiger partial charge in [0.05, 0.1) is 29.9 Å². The Bertz CT molecular complexity index is 1480. The normalized spacial score (nSPS) is 18.0. The van der Waals surface area contributed by atoms with Gasteiger partial charge in [0.15, 0.2) is 0 Å². The first-order valence-electron chi connectivity index (χ1n) is 15.1. The molecular formula is C31H36F6N6O2. The first-order chi connectivity index (χ1) is 21.2. The van der Waals surface area contributed by atoms with Crippen LogP contribution in [0.15, 0.2) is 30.3 Å². The van der Waals surface area contributed by atoms with Crippen LogP contribution in [-0.4, -0.2) is 38.9 Å². The van der Waals surface area contributed by atoms with Gasteiger partial charge in [0.25, 0.3) is 5.95 Å². The van der Waals surface area contributed by atoms with Gasteiger partial charge >= 0.3 is 18.4 Å². The molecule has 3 aromatic rings. The molecule has 2 aromatic carbocycles. The molecule has 1 aliphatic heterocycles. The van der Waals surface area contributed by atoms with Crippen LogP contribution in [0.25, 0.3) is 0 Å². The molecule has 0 N–H and O–H groups in total. The lowest BCUT2D eigenvalue weighted by molar-refractivity contribution is -0.143. The van der Waals surface area contributed by atoms with Crippen molar-refractivity contribution >= 4 is 17.7 Å². The minimum atomic E-state index is -4.99. The van der Waals surface area contributed by atoms with E-state index in [4.69, 9.17) is 4.74 Å². The number of aryl methyl sites for hydroxylation is 3. The predicted molar refractivity (Wildman–Crippen MR) is 155 cm³/mol. The number of amides is 1. The molecule has 1 amide bonds. The van der Waals surface area contributed by atoms with Gasteiger partial charge in [0, 0.05) is 13.1 Å². The standard InChI is InChI=1S/C31H36F6N6O2/c1-4-21-16-25-26(11-8-12-42(27(25)13-19(21)2)29(44)45-24-9-6-5-7-10-24)43(28-38-40-41(3)39-28)18-20-14-22(30(32,33)34)17-23(15-20)31(35,36)37/h13-17,24,26H,4-12,18H2,1-3H3/t26-/m0/s1. The van der Waals surface area contributed by atoms with E-state index in [-0.39, 0.29) is 30.2 Å². The number of carbonyl (C=O) groups excluding carboxylic acids is 1. The maximum Gasteiger partial charge on any atom is 0.416 e. The molecule has 1 atom stereocenters. The van der Waals surface area contributed by atoms with Gasteiger partial charge in [-0.3, -0.25) is 4.90 Å². The average molecular weight is 639 g/mol. The van der Waals surface area contributed by atoms with Crippen molar-refractivity contribution in [2.75, 3.05) is 16.3 Å². The molecule has 2 aliphatic rings. The second kappa shape index (κ2) is 12.9. The van der Waals surface area contributed by atoms with Gasteiger partial charge in [0.2, 0.25) is 0 Å². The Labute approximate surface area is 257 Å². The molecule has 244 valence electrons. The highest BCUT2D eigenvalue weighted by Gasteiger charge is 2.38. The lowest BCUT2D eigenvalue weighted by Gasteiger charge is -2.33. The summed E-state index contributed by atoms with van der Waals surface area (Å²) in [6.45, 7) is 3.87. The molecule has 1 aromatic heterocycles. The number of halogens is 6. The second-order valence-corrected chi connectivity index (χ2v) is 11.8. The molecule has 2 heterocycles. The number of carbonyl (C=O) groups is 1. The van der Waals surface area contributed by atoms with Crippen LogP contribution in [-0.2, 0) is 37.1 Å². The van der Waals surface area contributed by atoms with E-state index in [0.717, 1.165) is 55.4 Å². The Morgan fingerprint density at radius 1 is 0.956 bits per heavy atom. The molecule has 0 saturated heterocycles. The minimum Gasteiger partial charge on any atom is -0.446 e. The largest absolute Gasteiger partial charge is 0.446 e. The van der Waals surface area contributed by atoms with Gasteiger partial charge in [0.1, 0.15) is 6.10 Å². The van der Waals surface area contributed by atoms with Crippen molar-refractivity contribution < 1.29 is 35.9 Å². The zero-order valence-electron chi connectivity index (χ0n) is 25.4. The lowest BCUT2D eigenvalue weighted by atomic mass is 9.93. The number of ether oxygens (including phenoxy) is 1. The Balaban J connectivity index is 1.60. The number of anilines is 2. The third-order valence-corrected chi connectivity index (χ3v) is 8.55. The summed E-state index contributed by atoms with van der Waals surface area (Å²) in [6, 6.07) is 4.81. The summed E-state index contributed by atoms with van der Waals surface area (Å²) >= 11 is 0. The fourth-order valence-electron chi connectivity index (χ4n) is 6.28. The SMILES string of the molecule is CCc1cc2c(cc1C)N(C(=O)OC1CCCCC1)CCC[C@@H]2N(Cc1cc(C(F)(F)F)cc(C(F)(F)F)c1)c1nnn(C)n1. The van der Waals surface area contributed by atoms with Crippen molar-refractivity contribution in [1.29, 1.82) is 0 Å². The third kappa shape index (κ3) is 7.36. The van der Waals surface area contributed by atoms with Gasteiger partial charge in [-0.15, -0.1) is 5.10 Å². The first kappa shape index (κ1) is 32.6. The smallest absolute Gasteiger partial charge is 0.416 e. The predicted octanol–water partition coefficient (Wildman–Crippen LogP) is 7.94. The summed E-state index contributed by atoms with van der Waals surface area (Å²) in [6.07, 6.45) is -4.39. The molecule has 8 nitrogen and oxygen atoms in total. The molecule has 14 heteroatoms. The van der Waals surface area contributed by atoms with Gasteiger partial charge in [-0.2, -0.15) is 31.1 Å². The van der Waals surface area contributed by atoms with Crippen LogP contribution in [0.5, 0.6) is 0 Å². The molecule has 1 fully saturated rings. The quantitative estimate of drug-likeness (QED) is 0.255. The summed E-state index contributed by atoms with van der Waals surface area (Å²) in [5, 5.41) is 12.3. The topological polar surface area (TPSA) is 76.4 Å². The number of rotatable bonds is 6. The Kier molecular flexibility index (Phi) is 9.31. The van der Waals surface area contributed by atoms with Crippen molar-refractivity contribution in [3.8, 4) is 0 Å². The highest BCUT2D eigenvalue weighted by Crippen LogP contribution is 2.42. The van der Waals surface area contributed by atoms with E-state index in [9.17, 15) is 31.1 Å². The zero-order valence-corrected chi connectivity index (χ0v) is 25.4. The maximum absolute atomic E-state index is 13.7. The van der Waals surface area contributed by atoms with Crippen LogP contribution >= 0.6 is 0 Å². The van der Waals surface area contributed by atoms with E-state index >= 15 is 0 Å². The van der Waals surface area contributed by atoms with Gasteiger partial charge < -0.3 is 9.64 Å². The van der Waals surface area contributed by atoms with E-state index in [1.807, 2.05) is 26.0 Å². The third-order valence-electron chi connectivity index (χ3n) is 8.55. The molecule has 0 unspecified atom stereocenters. The van der Waals surface area contributed by atoms with Crippen LogP contribution < -0.4 is 9.80 Å². The lowest BCUT2D eigenvalue weighted by Crippen LogP contribution is -2.36. The number of fused-ring (bicyclic) bond motifs is 1. The zero-order chi connectivity index (χ0) is 32.5. The molecule has 5 rings (SSSR count). The monoisotopic (exact) mass is 638 g/mol.